The maximum atomic E-state index is 12.3. The van der Waals surface area contributed by atoms with Gasteiger partial charge in [-0.1, -0.05) is 12.1 Å². The summed E-state index contributed by atoms with van der Waals surface area (Å²) in [6.45, 7) is 0. The smallest absolute Gasteiger partial charge is 0.337 e. The van der Waals surface area contributed by atoms with Crippen LogP contribution in [0.4, 0.5) is 0 Å². The van der Waals surface area contributed by atoms with Crippen LogP contribution in [-0.2, 0) is 4.74 Å². The molecule has 1 amide bonds. The van der Waals surface area contributed by atoms with Crippen molar-refractivity contribution in [2.75, 3.05) is 21.3 Å². The molecule has 1 aromatic heterocycles. The summed E-state index contributed by atoms with van der Waals surface area (Å²) >= 11 is 0. The van der Waals surface area contributed by atoms with E-state index in [0.717, 1.165) is 5.56 Å². The largest absolute Gasteiger partial charge is 0.497 e. The SMILES string of the molecule is COC(=O)c1ccc(-c2ccc(C=NNC(=O)c3ccc(OC)cc3OC)o2)cc1. The summed E-state index contributed by atoms with van der Waals surface area (Å²) in [5.41, 5.74) is 3.99. The lowest BCUT2D eigenvalue weighted by Crippen LogP contribution is -2.18. The molecule has 8 heteroatoms. The third kappa shape index (κ3) is 4.67. The molecule has 0 aliphatic carbocycles. The topological polar surface area (TPSA) is 99.4 Å². The molecule has 0 radical (unpaired) electrons. The standard InChI is InChI=1S/C22H20N2O6/c1-27-16-8-10-18(20(12-16)28-2)21(25)24-23-13-17-9-11-19(30-17)14-4-6-15(7-5-14)22(26)29-3/h4-13H,1-3H3,(H,24,25). The molecule has 0 bridgehead atoms. The summed E-state index contributed by atoms with van der Waals surface area (Å²) in [6.07, 6.45) is 1.39. The van der Waals surface area contributed by atoms with Gasteiger partial charge in [0.1, 0.15) is 23.0 Å². The molecule has 0 saturated heterocycles. The van der Waals surface area contributed by atoms with Crippen molar-refractivity contribution in [3.63, 3.8) is 0 Å². The molecule has 1 heterocycles. The fourth-order valence-electron chi connectivity index (χ4n) is 2.67. The van der Waals surface area contributed by atoms with E-state index in [9.17, 15) is 9.59 Å². The molecule has 0 atom stereocenters. The number of hydrogen-bond donors (Lipinski definition) is 1. The van der Waals surface area contributed by atoms with Crippen molar-refractivity contribution in [2.24, 2.45) is 5.10 Å². The average Bonchev–Trinajstić information content (AvgIpc) is 3.27. The van der Waals surface area contributed by atoms with Crippen molar-refractivity contribution >= 4 is 18.1 Å². The first-order valence-corrected chi connectivity index (χ1v) is 8.89. The molecule has 3 rings (SSSR count). The van der Waals surface area contributed by atoms with Crippen molar-refractivity contribution < 1.29 is 28.2 Å². The zero-order chi connectivity index (χ0) is 21.5. The van der Waals surface area contributed by atoms with Gasteiger partial charge in [-0.2, -0.15) is 5.10 Å². The molecule has 2 aromatic carbocycles. The monoisotopic (exact) mass is 408 g/mol. The van der Waals surface area contributed by atoms with Crippen LogP contribution < -0.4 is 14.9 Å². The second kappa shape index (κ2) is 9.42. The number of furan rings is 1. The Morgan fingerprint density at radius 1 is 0.967 bits per heavy atom. The number of hydrazone groups is 1. The molecule has 0 fully saturated rings. The van der Waals surface area contributed by atoms with Gasteiger partial charge in [-0.3, -0.25) is 4.79 Å². The predicted octanol–water partition coefficient (Wildman–Crippen LogP) is 3.51. The predicted molar refractivity (Wildman–Crippen MR) is 110 cm³/mol. The first-order chi connectivity index (χ1) is 14.5. The van der Waals surface area contributed by atoms with Gasteiger partial charge in [0.25, 0.3) is 5.91 Å². The molecule has 154 valence electrons. The van der Waals surface area contributed by atoms with Crippen LogP contribution in [-0.4, -0.2) is 39.4 Å². The third-order valence-electron chi connectivity index (χ3n) is 4.23. The molecule has 0 saturated carbocycles. The Kier molecular flexibility index (Phi) is 6.49. The van der Waals surface area contributed by atoms with Gasteiger partial charge in [-0.05, 0) is 36.4 Å². The van der Waals surface area contributed by atoms with E-state index in [0.29, 0.717) is 34.1 Å². The zero-order valence-electron chi connectivity index (χ0n) is 16.7. The lowest BCUT2D eigenvalue weighted by molar-refractivity contribution is 0.0600. The Balaban J connectivity index is 1.66. The maximum absolute atomic E-state index is 12.3. The molecule has 30 heavy (non-hydrogen) atoms. The van der Waals surface area contributed by atoms with Crippen LogP contribution in [0.2, 0.25) is 0 Å². The van der Waals surface area contributed by atoms with Crippen LogP contribution in [0, 0.1) is 0 Å². The first-order valence-electron chi connectivity index (χ1n) is 8.89. The number of carbonyl (C=O) groups excluding carboxylic acids is 2. The minimum absolute atomic E-state index is 0.321. The van der Waals surface area contributed by atoms with Crippen molar-refractivity contribution in [2.45, 2.75) is 0 Å². The van der Waals surface area contributed by atoms with Crippen LogP contribution in [0.1, 0.15) is 26.5 Å². The van der Waals surface area contributed by atoms with E-state index in [4.69, 9.17) is 13.9 Å². The van der Waals surface area contributed by atoms with E-state index in [2.05, 4.69) is 15.3 Å². The molecule has 0 spiro atoms. The number of nitrogens with zero attached hydrogens (tertiary/aromatic N) is 1. The number of amides is 1. The summed E-state index contributed by atoms with van der Waals surface area (Å²) < 4.78 is 20.7. The number of ether oxygens (including phenoxy) is 3. The minimum Gasteiger partial charge on any atom is -0.497 e. The minimum atomic E-state index is -0.434. The van der Waals surface area contributed by atoms with Gasteiger partial charge in [-0.15, -0.1) is 0 Å². The maximum Gasteiger partial charge on any atom is 0.337 e. The second-order valence-electron chi connectivity index (χ2n) is 6.04. The van der Waals surface area contributed by atoms with Gasteiger partial charge in [0.2, 0.25) is 0 Å². The Hall–Kier alpha value is -4.07. The lowest BCUT2D eigenvalue weighted by atomic mass is 10.1. The second-order valence-corrected chi connectivity index (χ2v) is 6.04. The highest BCUT2D eigenvalue weighted by Crippen LogP contribution is 2.25. The Morgan fingerprint density at radius 2 is 1.73 bits per heavy atom. The molecule has 8 nitrogen and oxygen atoms in total. The molecule has 0 unspecified atom stereocenters. The van der Waals surface area contributed by atoms with Crippen molar-refractivity contribution in [1.82, 2.24) is 5.43 Å². The quantitative estimate of drug-likeness (QED) is 0.365. The normalized spacial score (nSPS) is 10.6. The van der Waals surface area contributed by atoms with Gasteiger partial charge < -0.3 is 18.6 Å². The highest BCUT2D eigenvalue weighted by atomic mass is 16.5. The fraction of sp³-hybridized carbons (Fsp3) is 0.136. The number of hydrogen-bond acceptors (Lipinski definition) is 7. The highest BCUT2D eigenvalue weighted by molar-refractivity contribution is 5.97. The third-order valence-corrected chi connectivity index (χ3v) is 4.23. The average molecular weight is 408 g/mol. The molecule has 1 N–H and O–H groups in total. The Morgan fingerprint density at radius 3 is 2.40 bits per heavy atom. The number of nitrogens with one attached hydrogen (secondary N) is 1. The summed E-state index contributed by atoms with van der Waals surface area (Å²) in [5.74, 6) is 1.15. The number of methoxy groups -OCH3 is 3. The molecule has 0 aliphatic heterocycles. The molecule has 3 aromatic rings. The van der Waals surface area contributed by atoms with E-state index >= 15 is 0 Å². The van der Waals surface area contributed by atoms with E-state index in [1.54, 1.807) is 54.6 Å². The summed E-state index contributed by atoms with van der Waals surface area (Å²) in [7, 11) is 4.33. The van der Waals surface area contributed by atoms with Crippen LogP contribution in [0.15, 0.2) is 64.1 Å². The van der Waals surface area contributed by atoms with E-state index in [-0.39, 0.29) is 0 Å². The number of benzene rings is 2. The van der Waals surface area contributed by atoms with Gasteiger partial charge in [0.15, 0.2) is 0 Å². The molecular formula is C22H20N2O6. The van der Waals surface area contributed by atoms with Gasteiger partial charge >= 0.3 is 5.97 Å². The highest BCUT2D eigenvalue weighted by Gasteiger charge is 2.13. The fourth-order valence-corrected chi connectivity index (χ4v) is 2.67. The van der Waals surface area contributed by atoms with E-state index in [1.165, 1.54) is 27.5 Å². The van der Waals surface area contributed by atoms with Gasteiger partial charge in [0, 0.05) is 11.6 Å². The van der Waals surface area contributed by atoms with Crippen LogP contribution in [0.5, 0.6) is 11.5 Å². The van der Waals surface area contributed by atoms with Crippen LogP contribution in [0.25, 0.3) is 11.3 Å². The number of carbonyl (C=O) groups is 2. The number of esters is 1. The zero-order valence-corrected chi connectivity index (χ0v) is 16.7. The lowest BCUT2D eigenvalue weighted by Gasteiger charge is -2.08. The summed E-state index contributed by atoms with van der Waals surface area (Å²) in [5, 5.41) is 3.93. The molecule has 0 aliphatic rings. The Labute approximate surface area is 173 Å². The van der Waals surface area contributed by atoms with Crippen molar-refractivity contribution in [3.05, 3.63) is 71.5 Å². The summed E-state index contributed by atoms with van der Waals surface area (Å²) in [6, 6.07) is 15.2. The van der Waals surface area contributed by atoms with Crippen molar-refractivity contribution in [3.8, 4) is 22.8 Å². The van der Waals surface area contributed by atoms with E-state index in [1.807, 2.05) is 0 Å². The first kappa shape index (κ1) is 20.7. The van der Waals surface area contributed by atoms with Crippen LogP contribution >= 0.6 is 0 Å². The molecular weight excluding hydrogens is 388 g/mol. The van der Waals surface area contributed by atoms with Gasteiger partial charge in [-0.25, -0.2) is 10.2 Å². The van der Waals surface area contributed by atoms with E-state index < -0.39 is 11.9 Å². The van der Waals surface area contributed by atoms with Crippen molar-refractivity contribution in [1.29, 1.82) is 0 Å². The Bertz CT molecular complexity index is 1070. The number of rotatable bonds is 7. The van der Waals surface area contributed by atoms with Gasteiger partial charge in [0.05, 0.1) is 38.7 Å². The van der Waals surface area contributed by atoms with Crippen LogP contribution in [0.3, 0.4) is 0 Å². The summed E-state index contributed by atoms with van der Waals surface area (Å²) in [4.78, 5) is 23.8.